The van der Waals surface area contributed by atoms with Crippen LogP contribution in [-0.4, -0.2) is 34.1 Å². The fourth-order valence-corrected chi connectivity index (χ4v) is 2.82. The molecular formula is C12H10IN3O2. The molecule has 1 aromatic heterocycles. The number of fused-ring (bicyclic) bond motifs is 1. The Labute approximate surface area is 117 Å². The zero-order valence-corrected chi connectivity index (χ0v) is 11.5. The second kappa shape index (κ2) is 4.34. The average Bonchev–Trinajstić information content (AvgIpc) is 2.27. The molecule has 2 heterocycles. The van der Waals surface area contributed by atoms with Gasteiger partial charge in [0.05, 0.1) is 16.8 Å². The highest BCUT2D eigenvalue weighted by Gasteiger charge is 2.34. The summed E-state index contributed by atoms with van der Waals surface area (Å²) in [6.07, 6.45) is 1.53. The number of carbonyl (C=O) groups is 1. The molecule has 1 aliphatic heterocycles. The Morgan fingerprint density at radius 3 is 2.89 bits per heavy atom. The zero-order valence-electron chi connectivity index (χ0n) is 9.38. The van der Waals surface area contributed by atoms with Crippen LogP contribution in [0.2, 0.25) is 0 Å². The lowest BCUT2D eigenvalue weighted by molar-refractivity contribution is -0.142. The van der Waals surface area contributed by atoms with E-state index in [0.717, 1.165) is 20.3 Å². The van der Waals surface area contributed by atoms with Crippen LogP contribution in [0.4, 0.5) is 5.82 Å². The Morgan fingerprint density at radius 2 is 2.17 bits per heavy atom. The Kier molecular flexibility index (Phi) is 2.81. The number of aliphatic carboxylic acids is 1. The van der Waals surface area contributed by atoms with E-state index >= 15 is 0 Å². The average molecular weight is 355 g/mol. The van der Waals surface area contributed by atoms with Crippen LogP contribution in [0.1, 0.15) is 0 Å². The summed E-state index contributed by atoms with van der Waals surface area (Å²) >= 11 is 2.25. The van der Waals surface area contributed by atoms with Crippen molar-refractivity contribution in [2.75, 3.05) is 18.0 Å². The van der Waals surface area contributed by atoms with Gasteiger partial charge in [-0.2, -0.15) is 0 Å². The van der Waals surface area contributed by atoms with Gasteiger partial charge < -0.3 is 10.0 Å². The summed E-state index contributed by atoms with van der Waals surface area (Å²) in [5, 5.41) is 9.91. The van der Waals surface area contributed by atoms with Crippen molar-refractivity contribution in [1.29, 1.82) is 0 Å². The molecule has 1 saturated heterocycles. The molecule has 1 aliphatic rings. The van der Waals surface area contributed by atoms with E-state index in [9.17, 15) is 4.79 Å². The number of carboxylic acid groups (broad SMARTS) is 1. The van der Waals surface area contributed by atoms with Gasteiger partial charge in [-0.05, 0) is 34.7 Å². The fourth-order valence-electron chi connectivity index (χ4n) is 2.10. The third kappa shape index (κ3) is 1.80. The van der Waals surface area contributed by atoms with E-state index in [1.54, 1.807) is 0 Å². The van der Waals surface area contributed by atoms with Crippen molar-refractivity contribution in [3.63, 3.8) is 0 Å². The summed E-state index contributed by atoms with van der Waals surface area (Å²) in [4.78, 5) is 21.4. The van der Waals surface area contributed by atoms with E-state index in [2.05, 4.69) is 32.6 Å². The van der Waals surface area contributed by atoms with Crippen molar-refractivity contribution in [1.82, 2.24) is 9.97 Å². The minimum atomic E-state index is -0.737. The summed E-state index contributed by atoms with van der Waals surface area (Å²) in [6.45, 7) is 1.04. The van der Waals surface area contributed by atoms with Gasteiger partial charge in [0.25, 0.3) is 0 Å². The van der Waals surface area contributed by atoms with E-state index in [4.69, 9.17) is 5.11 Å². The highest BCUT2D eigenvalue weighted by Crippen LogP contribution is 2.31. The molecule has 0 unspecified atom stereocenters. The topological polar surface area (TPSA) is 66.3 Å². The van der Waals surface area contributed by atoms with Crippen molar-refractivity contribution in [3.8, 4) is 0 Å². The van der Waals surface area contributed by atoms with Crippen molar-refractivity contribution < 1.29 is 9.90 Å². The van der Waals surface area contributed by atoms with Gasteiger partial charge in [-0.15, -0.1) is 0 Å². The predicted molar refractivity (Wildman–Crippen MR) is 75.6 cm³/mol. The van der Waals surface area contributed by atoms with Gasteiger partial charge in [0.2, 0.25) is 0 Å². The molecule has 0 atom stereocenters. The molecule has 2 aromatic rings. The molecule has 0 aliphatic carbocycles. The molecule has 0 spiro atoms. The van der Waals surface area contributed by atoms with Gasteiger partial charge in [0.15, 0.2) is 0 Å². The van der Waals surface area contributed by atoms with Crippen LogP contribution in [0, 0.1) is 9.49 Å². The summed E-state index contributed by atoms with van der Waals surface area (Å²) in [5.41, 5.74) is 0.894. The first-order chi connectivity index (χ1) is 8.66. The first kappa shape index (κ1) is 11.6. The predicted octanol–water partition coefficient (Wildman–Crippen LogP) is 1.76. The SMILES string of the molecule is O=C(O)C1CN(c2ncnc3cccc(I)c23)C1. The Balaban J connectivity index is 2.01. The van der Waals surface area contributed by atoms with Gasteiger partial charge in [-0.3, -0.25) is 4.79 Å². The molecule has 5 nitrogen and oxygen atoms in total. The van der Waals surface area contributed by atoms with Crippen LogP contribution < -0.4 is 4.90 Å². The summed E-state index contributed by atoms with van der Waals surface area (Å²) in [6, 6.07) is 5.90. The lowest BCUT2D eigenvalue weighted by Gasteiger charge is -2.38. The number of hydrogen-bond donors (Lipinski definition) is 1. The van der Waals surface area contributed by atoms with Crippen molar-refractivity contribution in [3.05, 3.63) is 28.1 Å². The number of nitrogens with zero attached hydrogens (tertiary/aromatic N) is 3. The molecule has 0 saturated carbocycles. The molecule has 92 valence electrons. The molecule has 18 heavy (non-hydrogen) atoms. The van der Waals surface area contributed by atoms with Gasteiger partial charge in [0, 0.05) is 16.7 Å². The molecule has 0 bridgehead atoms. The van der Waals surface area contributed by atoms with E-state index in [1.165, 1.54) is 6.33 Å². The monoisotopic (exact) mass is 355 g/mol. The van der Waals surface area contributed by atoms with E-state index in [-0.39, 0.29) is 5.92 Å². The first-order valence-electron chi connectivity index (χ1n) is 5.54. The molecule has 1 N–H and O–H groups in total. The maximum Gasteiger partial charge on any atom is 0.310 e. The lowest BCUT2D eigenvalue weighted by Crippen LogP contribution is -2.50. The van der Waals surface area contributed by atoms with E-state index < -0.39 is 5.97 Å². The Bertz CT molecular complexity index is 620. The molecule has 1 fully saturated rings. The highest BCUT2D eigenvalue weighted by atomic mass is 127. The third-order valence-electron chi connectivity index (χ3n) is 3.12. The van der Waals surface area contributed by atoms with Crippen LogP contribution in [0.25, 0.3) is 10.9 Å². The smallest absolute Gasteiger partial charge is 0.310 e. The Hall–Kier alpha value is -1.44. The summed E-state index contributed by atoms with van der Waals surface area (Å²) in [7, 11) is 0. The van der Waals surface area contributed by atoms with Crippen LogP contribution in [0.15, 0.2) is 24.5 Å². The maximum absolute atomic E-state index is 10.8. The first-order valence-corrected chi connectivity index (χ1v) is 6.61. The van der Waals surface area contributed by atoms with Crippen LogP contribution in [0.5, 0.6) is 0 Å². The van der Waals surface area contributed by atoms with E-state index in [1.807, 2.05) is 23.1 Å². The second-order valence-corrected chi connectivity index (χ2v) is 5.43. The normalized spacial score (nSPS) is 15.7. The number of carboxylic acids is 1. The second-order valence-electron chi connectivity index (χ2n) is 4.27. The van der Waals surface area contributed by atoms with Gasteiger partial charge in [0.1, 0.15) is 12.1 Å². The maximum atomic E-state index is 10.8. The standard InChI is InChI=1S/C12H10IN3O2/c13-8-2-1-3-9-10(8)11(15-6-14-9)16-4-7(5-16)12(17)18/h1-3,6-7H,4-5H2,(H,17,18). The Morgan fingerprint density at radius 1 is 1.39 bits per heavy atom. The lowest BCUT2D eigenvalue weighted by atomic mass is 10.00. The number of rotatable bonds is 2. The van der Waals surface area contributed by atoms with Crippen molar-refractivity contribution >= 4 is 45.3 Å². The molecule has 0 amide bonds. The quantitative estimate of drug-likeness (QED) is 0.832. The summed E-state index contributed by atoms with van der Waals surface area (Å²) < 4.78 is 1.08. The van der Waals surface area contributed by atoms with Gasteiger partial charge >= 0.3 is 5.97 Å². The molecule has 0 radical (unpaired) electrons. The van der Waals surface area contributed by atoms with Crippen LogP contribution in [0.3, 0.4) is 0 Å². The number of anilines is 1. The molecule has 3 rings (SSSR count). The van der Waals surface area contributed by atoms with Crippen molar-refractivity contribution in [2.45, 2.75) is 0 Å². The number of hydrogen-bond acceptors (Lipinski definition) is 4. The minimum Gasteiger partial charge on any atom is -0.481 e. The minimum absolute atomic E-state index is 0.281. The number of benzene rings is 1. The van der Waals surface area contributed by atoms with Crippen LogP contribution in [-0.2, 0) is 4.79 Å². The highest BCUT2D eigenvalue weighted by molar-refractivity contribution is 14.1. The molecule has 1 aromatic carbocycles. The number of halogens is 1. The van der Waals surface area contributed by atoms with E-state index in [0.29, 0.717) is 13.1 Å². The zero-order chi connectivity index (χ0) is 12.7. The third-order valence-corrected chi connectivity index (χ3v) is 4.02. The van der Waals surface area contributed by atoms with Gasteiger partial charge in [-0.25, -0.2) is 9.97 Å². The van der Waals surface area contributed by atoms with Crippen LogP contribution >= 0.6 is 22.6 Å². The summed E-state index contributed by atoms with van der Waals surface area (Å²) in [5.74, 6) is -0.182. The van der Waals surface area contributed by atoms with Gasteiger partial charge in [-0.1, -0.05) is 6.07 Å². The fraction of sp³-hybridized carbons (Fsp3) is 0.250. The van der Waals surface area contributed by atoms with Crippen molar-refractivity contribution in [2.24, 2.45) is 5.92 Å². The molecule has 6 heteroatoms. The number of aromatic nitrogens is 2. The largest absolute Gasteiger partial charge is 0.481 e. The molecular weight excluding hydrogens is 345 g/mol.